The number of aryl methyl sites for hydroxylation is 1. The van der Waals surface area contributed by atoms with Crippen molar-refractivity contribution in [3.05, 3.63) is 35.7 Å². The number of rotatable bonds is 7. The van der Waals surface area contributed by atoms with Crippen molar-refractivity contribution in [2.45, 2.75) is 56.7 Å². The molecule has 3 atom stereocenters. The number of nitrogens with one attached hydrogen (secondary N) is 1. The highest BCUT2D eigenvalue weighted by Crippen LogP contribution is 2.30. The molecule has 2 aromatic rings. The summed E-state index contributed by atoms with van der Waals surface area (Å²) >= 11 is 3.31. The lowest BCUT2D eigenvalue weighted by Crippen LogP contribution is -2.44. The normalized spacial score (nSPS) is 22.2. The van der Waals surface area contributed by atoms with Crippen LogP contribution in [-0.4, -0.2) is 28.9 Å². The number of carbonyl (C=O) groups is 1. The first-order chi connectivity index (χ1) is 13.5. The number of hydrogen-bond donors (Lipinski definition) is 1. The minimum atomic E-state index is 0.130. The number of aromatic nitrogens is 1. The fourth-order valence-electron chi connectivity index (χ4n) is 3.69. The van der Waals surface area contributed by atoms with E-state index in [9.17, 15) is 4.79 Å². The minimum Gasteiger partial charge on any atom is -0.441 e. The first kappa shape index (κ1) is 21.3. The van der Waals surface area contributed by atoms with Gasteiger partial charge < -0.3 is 9.73 Å². The molecule has 1 aromatic heterocycles. The lowest BCUT2D eigenvalue weighted by Gasteiger charge is -2.34. The van der Waals surface area contributed by atoms with Crippen LogP contribution in [-0.2, 0) is 10.5 Å². The van der Waals surface area contributed by atoms with Crippen molar-refractivity contribution in [3.63, 3.8) is 0 Å². The van der Waals surface area contributed by atoms with Crippen molar-refractivity contribution in [2.75, 3.05) is 12.0 Å². The molecule has 1 amide bonds. The molecule has 1 aliphatic rings. The Morgan fingerprint density at radius 1 is 1.25 bits per heavy atom. The van der Waals surface area contributed by atoms with Crippen LogP contribution in [0.25, 0.3) is 11.5 Å². The standard InChI is InChI=1S/C22H30N2O2S2/c1-14-6-5-7-19(15(14)2)23-21(25)13-28-12-20-16(3)26-22(24-20)17-8-10-18(27-4)11-9-17/h8-11,14-15,19H,5-7,12-13H2,1-4H3,(H,23,25). The quantitative estimate of drug-likeness (QED) is 0.598. The molecule has 1 heterocycles. The number of oxazole rings is 1. The van der Waals surface area contributed by atoms with Gasteiger partial charge in [-0.15, -0.1) is 23.5 Å². The van der Waals surface area contributed by atoms with Crippen molar-refractivity contribution in [1.29, 1.82) is 0 Å². The molecule has 0 spiro atoms. The number of thioether (sulfide) groups is 2. The van der Waals surface area contributed by atoms with Crippen LogP contribution in [0.1, 0.15) is 44.6 Å². The van der Waals surface area contributed by atoms with E-state index in [-0.39, 0.29) is 5.91 Å². The highest BCUT2D eigenvalue weighted by molar-refractivity contribution is 7.99. The number of nitrogens with zero attached hydrogens (tertiary/aromatic N) is 1. The largest absolute Gasteiger partial charge is 0.441 e. The molecular weight excluding hydrogens is 388 g/mol. The van der Waals surface area contributed by atoms with Gasteiger partial charge in [0.1, 0.15) is 5.76 Å². The zero-order chi connectivity index (χ0) is 20.1. The van der Waals surface area contributed by atoms with E-state index in [2.05, 4.69) is 42.5 Å². The second kappa shape index (κ2) is 9.88. The van der Waals surface area contributed by atoms with Crippen molar-refractivity contribution >= 4 is 29.4 Å². The third-order valence-electron chi connectivity index (χ3n) is 5.75. The molecule has 0 aliphatic heterocycles. The van der Waals surface area contributed by atoms with E-state index in [1.54, 1.807) is 23.5 Å². The van der Waals surface area contributed by atoms with Gasteiger partial charge in [-0.25, -0.2) is 4.98 Å². The lowest BCUT2D eigenvalue weighted by atomic mass is 9.78. The summed E-state index contributed by atoms with van der Waals surface area (Å²) in [6, 6.07) is 8.54. The van der Waals surface area contributed by atoms with E-state index >= 15 is 0 Å². The first-order valence-electron chi connectivity index (χ1n) is 9.95. The van der Waals surface area contributed by atoms with Crippen LogP contribution in [0.2, 0.25) is 0 Å². The van der Waals surface area contributed by atoms with Gasteiger partial charge in [0.05, 0.1) is 11.4 Å². The molecule has 1 fully saturated rings. The van der Waals surface area contributed by atoms with Crippen LogP contribution in [0.4, 0.5) is 0 Å². The van der Waals surface area contributed by atoms with Crippen molar-refractivity contribution in [2.24, 2.45) is 11.8 Å². The van der Waals surface area contributed by atoms with E-state index < -0.39 is 0 Å². The van der Waals surface area contributed by atoms with Gasteiger partial charge in [-0.3, -0.25) is 4.79 Å². The van der Waals surface area contributed by atoms with Crippen molar-refractivity contribution < 1.29 is 9.21 Å². The van der Waals surface area contributed by atoms with E-state index in [0.717, 1.165) is 23.4 Å². The molecule has 4 nitrogen and oxygen atoms in total. The number of amides is 1. The third kappa shape index (κ3) is 5.35. The fraction of sp³-hybridized carbons (Fsp3) is 0.545. The zero-order valence-electron chi connectivity index (χ0n) is 17.2. The Kier molecular flexibility index (Phi) is 7.52. The SMILES string of the molecule is CSc1ccc(-c2nc(CSCC(=O)NC3CCCC(C)C3C)c(C)o2)cc1. The van der Waals surface area contributed by atoms with Crippen LogP contribution in [0, 0.1) is 18.8 Å². The molecule has 1 saturated carbocycles. The summed E-state index contributed by atoms with van der Waals surface area (Å²) in [5.74, 6) is 3.99. The van der Waals surface area contributed by atoms with Crippen molar-refractivity contribution in [1.82, 2.24) is 10.3 Å². The Labute approximate surface area is 176 Å². The molecular formula is C22H30N2O2S2. The molecule has 1 aliphatic carbocycles. The number of hydrogen-bond acceptors (Lipinski definition) is 5. The topological polar surface area (TPSA) is 55.1 Å². The number of benzene rings is 1. The van der Waals surface area contributed by atoms with Crippen LogP contribution in [0.5, 0.6) is 0 Å². The fourth-order valence-corrected chi connectivity index (χ4v) is 4.93. The summed E-state index contributed by atoms with van der Waals surface area (Å²) < 4.78 is 5.85. The maximum Gasteiger partial charge on any atom is 0.230 e. The van der Waals surface area contributed by atoms with E-state index in [4.69, 9.17) is 4.42 Å². The van der Waals surface area contributed by atoms with Gasteiger partial charge in [-0.05, 0) is 55.7 Å². The lowest BCUT2D eigenvalue weighted by molar-refractivity contribution is -0.119. The van der Waals surface area contributed by atoms with Crippen LogP contribution in [0.3, 0.4) is 0 Å². The Hall–Kier alpha value is -1.40. The second-order valence-electron chi connectivity index (χ2n) is 7.68. The van der Waals surface area contributed by atoms with Crippen LogP contribution >= 0.6 is 23.5 Å². The maximum absolute atomic E-state index is 12.3. The summed E-state index contributed by atoms with van der Waals surface area (Å²) in [6.45, 7) is 6.49. The molecule has 3 rings (SSSR count). The highest BCUT2D eigenvalue weighted by atomic mass is 32.2. The molecule has 28 heavy (non-hydrogen) atoms. The number of carbonyl (C=O) groups excluding carboxylic acids is 1. The summed E-state index contributed by atoms with van der Waals surface area (Å²) in [4.78, 5) is 18.2. The highest BCUT2D eigenvalue weighted by Gasteiger charge is 2.28. The van der Waals surface area contributed by atoms with Gasteiger partial charge in [0.25, 0.3) is 0 Å². The average Bonchev–Trinajstić information content (AvgIpc) is 3.06. The zero-order valence-corrected chi connectivity index (χ0v) is 18.8. The van der Waals surface area contributed by atoms with Gasteiger partial charge >= 0.3 is 0 Å². The Morgan fingerprint density at radius 2 is 2.00 bits per heavy atom. The summed E-state index contributed by atoms with van der Waals surface area (Å²) in [5, 5.41) is 3.24. The molecule has 152 valence electrons. The summed E-state index contributed by atoms with van der Waals surface area (Å²) in [5.41, 5.74) is 1.90. The van der Waals surface area contributed by atoms with Crippen LogP contribution in [0.15, 0.2) is 33.6 Å². The van der Waals surface area contributed by atoms with Crippen LogP contribution < -0.4 is 5.32 Å². The van der Waals surface area contributed by atoms with Gasteiger partial charge in [0.2, 0.25) is 11.8 Å². The van der Waals surface area contributed by atoms with Gasteiger partial charge in [-0.1, -0.05) is 26.7 Å². The molecule has 0 saturated heterocycles. The summed E-state index contributed by atoms with van der Waals surface area (Å²) in [6.07, 6.45) is 5.65. The monoisotopic (exact) mass is 418 g/mol. The molecule has 1 N–H and O–H groups in total. The first-order valence-corrected chi connectivity index (χ1v) is 12.3. The molecule has 1 aromatic carbocycles. The minimum absolute atomic E-state index is 0.130. The predicted molar refractivity (Wildman–Crippen MR) is 119 cm³/mol. The Morgan fingerprint density at radius 3 is 2.71 bits per heavy atom. The van der Waals surface area contributed by atoms with E-state index in [0.29, 0.717) is 35.3 Å². The van der Waals surface area contributed by atoms with Gasteiger partial charge in [0, 0.05) is 22.3 Å². The molecule has 0 bridgehead atoms. The Bertz CT molecular complexity index is 788. The van der Waals surface area contributed by atoms with Gasteiger partial charge in [-0.2, -0.15) is 0 Å². The smallest absolute Gasteiger partial charge is 0.230 e. The van der Waals surface area contributed by atoms with Crippen molar-refractivity contribution in [3.8, 4) is 11.5 Å². The average molecular weight is 419 g/mol. The molecule has 0 radical (unpaired) electrons. The van der Waals surface area contributed by atoms with E-state index in [1.165, 1.54) is 17.7 Å². The Balaban J connectivity index is 1.50. The molecule has 6 heteroatoms. The van der Waals surface area contributed by atoms with Gasteiger partial charge in [0.15, 0.2) is 0 Å². The second-order valence-corrected chi connectivity index (χ2v) is 9.55. The maximum atomic E-state index is 12.3. The molecule has 3 unspecified atom stereocenters. The summed E-state index contributed by atoms with van der Waals surface area (Å²) in [7, 11) is 0. The predicted octanol–water partition coefficient (Wildman–Crippen LogP) is 5.55. The third-order valence-corrected chi connectivity index (χ3v) is 7.44. The van der Waals surface area contributed by atoms with E-state index in [1.807, 2.05) is 19.1 Å².